The molecule has 0 N–H and O–H groups in total. The van der Waals surface area contributed by atoms with E-state index in [0.29, 0.717) is 5.69 Å². The molecular weight excluding hydrogens is 226 g/mol. The van der Waals surface area contributed by atoms with E-state index in [0.717, 1.165) is 30.5 Å². The van der Waals surface area contributed by atoms with E-state index in [1.807, 2.05) is 42.5 Å². The van der Waals surface area contributed by atoms with Gasteiger partial charge in [-0.05, 0) is 18.1 Å². The van der Waals surface area contributed by atoms with E-state index < -0.39 is 0 Å². The van der Waals surface area contributed by atoms with Crippen LogP contribution < -0.4 is 0 Å². The zero-order valence-corrected chi connectivity index (χ0v) is 10.3. The van der Waals surface area contributed by atoms with Crippen LogP contribution in [0.25, 0.3) is 12.2 Å². The van der Waals surface area contributed by atoms with Gasteiger partial charge in [0.15, 0.2) is 12.0 Å². The Kier molecular flexibility index (Phi) is 4.02. The molecule has 2 aromatic rings. The van der Waals surface area contributed by atoms with Crippen LogP contribution in [-0.2, 0) is 6.54 Å². The number of rotatable bonds is 5. The highest BCUT2D eigenvalue weighted by Crippen LogP contribution is 2.10. The monoisotopic (exact) mass is 241 g/mol. The highest BCUT2D eigenvalue weighted by atomic mass is 16.1. The normalized spacial score (nSPS) is 10.9. The predicted molar refractivity (Wildman–Crippen MR) is 71.1 cm³/mol. The minimum absolute atomic E-state index is 0.385. The van der Waals surface area contributed by atoms with Crippen molar-refractivity contribution in [2.45, 2.75) is 19.9 Å². The quantitative estimate of drug-likeness (QED) is 0.756. The third kappa shape index (κ3) is 2.71. The van der Waals surface area contributed by atoms with E-state index in [-0.39, 0.29) is 0 Å². The summed E-state index contributed by atoms with van der Waals surface area (Å²) in [6.45, 7) is 2.82. The summed E-state index contributed by atoms with van der Waals surface area (Å²) in [6, 6.07) is 9.93. The van der Waals surface area contributed by atoms with Gasteiger partial charge in [-0.3, -0.25) is 4.79 Å². The standard InChI is InChI=1S/C14H15N3O/c1-2-10-17-14(13(11-18)15-16-17)9-8-12-6-4-3-5-7-12/h3-9,11H,2,10H2,1H3/b9-8+. The first kappa shape index (κ1) is 12.2. The number of aromatic nitrogens is 3. The van der Waals surface area contributed by atoms with E-state index in [2.05, 4.69) is 17.2 Å². The molecule has 0 spiro atoms. The fraction of sp³-hybridized carbons (Fsp3) is 0.214. The van der Waals surface area contributed by atoms with Gasteiger partial charge in [-0.25, -0.2) is 4.68 Å². The molecule has 0 radical (unpaired) electrons. The van der Waals surface area contributed by atoms with Crippen molar-refractivity contribution in [2.75, 3.05) is 0 Å². The number of carbonyl (C=O) groups is 1. The van der Waals surface area contributed by atoms with Crippen LogP contribution in [0.2, 0.25) is 0 Å². The minimum atomic E-state index is 0.385. The van der Waals surface area contributed by atoms with Crippen LogP contribution in [-0.4, -0.2) is 21.3 Å². The molecule has 0 unspecified atom stereocenters. The van der Waals surface area contributed by atoms with Crippen LogP contribution in [0.3, 0.4) is 0 Å². The van der Waals surface area contributed by atoms with Gasteiger partial charge in [0, 0.05) is 6.54 Å². The Balaban J connectivity index is 2.29. The summed E-state index contributed by atoms with van der Waals surface area (Å²) in [5.74, 6) is 0. The van der Waals surface area contributed by atoms with Gasteiger partial charge in [0.2, 0.25) is 0 Å². The lowest BCUT2D eigenvalue weighted by molar-refractivity contribution is 0.111. The van der Waals surface area contributed by atoms with Crippen LogP contribution in [0.1, 0.15) is 35.1 Å². The number of benzene rings is 1. The summed E-state index contributed by atoms with van der Waals surface area (Å²) in [4.78, 5) is 10.9. The van der Waals surface area contributed by atoms with Gasteiger partial charge >= 0.3 is 0 Å². The van der Waals surface area contributed by atoms with Crippen molar-refractivity contribution in [1.29, 1.82) is 0 Å². The maximum Gasteiger partial charge on any atom is 0.172 e. The van der Waals surface area contributed by atoms with Gasteiger partial charge < -0.3 is 0 Å². The van der Waals surface area contributed by atoms with Crippen LogP contribution in [0.4, 0.5) is 0 Å². The Morgan fingerprint density at radius 3 is 2.67 bits per heavy atom. The summed E-state index contributed by atoms with van der Waals surface area (Å²) in [5, 5.41) is 7.83. The van der Waals surface area contributed by atoms with Crippen LogP contribution in [0, 0.1) is 0 Å². The first-order valence-corrected chi connectivity index (χ1v) is 5.97. The Hall–Kier alpha value is -2.23. The number of nitrogens with zero attached hydrogens (tertiary/aromatic N) is 3. The minimum Gasteiger partial charge on any atom is -0.296 e. The molecule has 0 aliphatic heterocycles. The molecule has 0 atom stereocenters. The maximum atomic E-state index is 10.9. The van der Waals surface area contributed by atoms with Gasteiger partial charge in [0.05, 0.1) is 5.69 Å². The molecule has 0 fully saturated rings. The molecule has 1 aromatic heterocycles. The molecular formula is C14H15N3O. The zero-order chi connectivity index (χ0) is 12.8. The average molecular weight is 241 g/mol. The van der Waals surface area contributed by atoms with E-state index in [1.165, 1.54) is 0 Å². The Morgan fingerprint density at radius 2 is 2.00 bits per heavy atom. The molecule has 18 heavy (non-hydrogen) atoms. The van der Waals surface area contributed by atoms with Crippen molar-refractivity contribution in [3.8, 4) is 0 Å². The zero-order valence-electron chi connectivity index (χ0n) is 10.3. The Bertz CT molecular complexity index is 543. The molecule has 0 aliphatic carbocycles. The highest BCUT2D eigenvalue weighted by molar-refractivity contribution is 5.81. The molecule has 2 rings (SSSR count). The molecule has 1 heterocycles. The van der Waals surface area contributed by atoms with E-state index in [4.69, 9.17) is 0 Å². The van der Waals surface area contributed by atoms with Crippen LogP contribution >= 0.6 is 0 Å². The Morgan fingerprint density at radius 1 is 1.22 bits per heavy atom. The molecule has 1 aromatic carbocycles. The van der Waals surface area contributed by atoms with Crippen LogP contribution in [0.15, 0.2) is 30.3 Å². The van der Waals surface area contributed by atoms with Gasteiger partial charge in [-0.1, -0.05) is 48.5 Å². The van der Waals surface area contributed by atoms with Crippen molar-refractivity contribution in [3.63, 3.8) is 0 Å². The molecule has 0 saturated heterocycles. The molecule has 0 saturated carbocycles. The van der Waals surface area contributed by atoms with Gasteiger partial charge in [0.1, 0.15) is 0 Å². The second-order valence-corrected chi connectivity index (χ2v) is 3.94. The highest BCUT2D eigenvalue weighted by Gasteiger charge is 2.08. The predicted octanol–water partition coefficient (Wildman–Crippen LogP) is 2.67. The first-order chi connectivity index (χ1) is 8.85. The van der Waals surface area contributed by atoms with Crippen molar-refractivity contribution in [1.82, 2.24) is 15.0 Å². The lowest BCUT2D eigenvalue weighted by Crippen LogP contribution is -2.01. The Labute approximate surface area is 106 Å². The molecule has 4 heteroatoms. The van der Waals surface area contributed by atoms with Crippen LogP contribution in [0.5, 0.6) is 0 Å². The fourth-order valence-corrected chi connectivity index (χ4v) is 1.71. The molecule has 92 valence electrons. The van der Waals surface area contributed by atoms with Crippen molar-refractivity contribution >= 4 is 18.4 Å². The largest absolute Gasteiger partial charge is 0.296 e. The molecule has 0 bridgehead atoms. The number of carbonyl (C=O) groups excluding carboxylic acids is 1. The van der Waals surface area contributed by atoms with Crippen molar-refractivity contribution in [2.24, 2.45) is 0 Å². The lowest BCUT2D eigenvalue weighted by Gasteiger charge is -2.00. The topological polar surface area (TPSA) is 47.8 Å². The second kappa shape index (κ2) is 5.91. The number of aldehydes is 1. The van der Waals surface area contributed by atoms with E-state index in [9.17, 15) is 4.79 Å². The SMILES string of the molecule is CCCn1nnc(C=O)c1/C=C/c1ccccc1. The number of hydrogen-bond donors (Lipinski definition) is 0. The number of hydrogen-bond acceptors (Lipinski definition) is 3. The smallest absolute Gasteiger partial charge is 0.172 e. The van der Waals surface area contributed by atoms with E-state index >= 15 is 0 Å². The maximum absolute atomic E-state index is 10.9. The molecule has 0 aliphatic rings. The van der Waals surface area contributed by atoms with Crippen molar-refractivity contribution < 1.29 is 4.79 Å². The fourth-order valence-electron chi connectivity index (χ4n) is 1.71. The summed E-state index contributed by atoms with van der Waals surface area (Å²) in [6.07, 6.45) is 5.53. The lowest BCUT2D eigenvalue weighted by atomic mass is 10.2. The average Bonchev–Trinajstić information content (AvgIpc) is 2.80. The third-order valence-corrected chi connectivity index (χ3v) is 2.58. The molecule has 0 amide bonds. The van der Waals surface area contributed by atoms with Gasteiger partial charge in [0.25, 0.3) is 0 Å². The summed E-state index contributed by atoms with van der Waals surface area (Å²) in [7, 11) is 0. The summed E-state index contributed by atoms with van der Waals surface area (Å²) >= 11 is 0. The first-order valence-electron chi connectivity index (χ1n) is 5.97. The second-order valence-electron chi connectivity index (χ2n) is 3.94. The summed E-state index contributed by atoms with van der Waals surface area (Å²) < 4.78 is 1.75. The van der Waals surface area contributed by atoms with Gasteiger partial charge in [-0.15, -0.1) is 5.10 Å². The summed E-state index contributed by atoms with van der Waals surface area (Å²) in [5.41, 5.74) is 2.23. The van der Waals surface area contributed by atoms with E-state index in [1.54, 1.807) is 4.68 Å². The van der Waals surface area contributed by atoms with Crippen molar-refractivity contribution in [3.05, 3.63) is 47.3 Å². The van der Waals surface area contributed by atoms with Gasteiger partial charge in [-0.2, -0.15) is 0 Å². The number of aryl methyl sites for hydroxylation is 1. The molecule has 4 nitrogen and oxygen atoms in total. The third-order valence-electron chi connectivity index (χ3n) is 2.58.